The number of rotatable bonds is 4. The van der Waals surface area contributed by atoms with E-state index in [0.29, 0.717) is 37.5 Å². The topological polar surface area (TPSA) is 97.4 Å². The number of sulfonamides is 1. The van der Waals surface area contributed by atoms with E-state index in [2.05, 4.69) is 45.7 Å². The molecule has 2 saturated heterocycles. The van der Waals surface area contributed by atoms with Crippen LogP contribution in [0.1, 0.15) is 93.1 Å². The molecule has 9 nitrogen and oxygen atoms in total. The SMILES string of the molecule is CCO[C@]1(CN2CCC3(CCO3)CC2)/C=C/C[C@@H]2C[C@@]2(C)S(=O)(=O)NC(=O)c2ccc3c(c2)N(C[C@@H]2CC[C@H]21)C[C@@]1(CCCc2cc(Cl)ccc21)CO3. The lowest BCUT2D eigenvalue weighted by Crippen LogP contribution is -2.60. The van der Waals surface area contributed by atoms with Crippen molar-refractivity contribution in [3.63, 3.8) is 0 Å². The van der Waals surface area contributed by atoms with Gasteiger partial charge in [0.25, 0.3) is 5.91 Å². The van der Waals surface area contributed by atoms with Crippen LogP contribution >= 0.6 is 11.6 Å². The molecule has 286 valence electrons. The quantitative estimate of drug-likeness (QED) is 0.346. The Kier molecular flexibility index (Phi) is 9.01. The second-order valence-electron chi connectivity index (χ2n) is 17.5. The summed E-state index contributed by atoms with van der Waals surface area (Å²) < 4.78 is 48.8. The third-order valence-electron chi connectivity index (χ3n) is 14.4. The van der Waals surface area contributed by atoms with Crippen LogP contribution in [-0.2, 0) is 31.3 Å². The van der Waals surface area contributed by atoms with Gasteiger partial charge in [-0.3, -0.25) is 9.69 Å². The van der Waals surface area contributed by atoms with Crippen molar-refractivity contribution in [3.8, 4) is 5.75 Å². The Labute approximate surface area is 319 Å². The number of anilines is 1. The van der Waals surface area contributed by atoms with Crippen LogP contribution in [0.4, 0.5) is 5.69 Å². The molecule has 2 aromatic carbocycles. The van der Waals surface area contributed by atoms with Gasteiger partial charge in [0.2, 0.25) is 10.0 Å². The first-order valence-corrected chi connectivity index (χ1v) is 21.9. The highest BCUT2D eigenvalue weighted by Crippen LogP contribution is 2.53. The van der Waals surface area contributed by atoms with Gasteiger partial charge in [0.1, 0.15) is 11.4 Å². The van der Waals surface area contributed by atoms with E-state index >= 15 is 0 Å². The first kappa shape index (κ1) is 36.0. The number of carbonyl (C=O) groups is 1. The standard InChI is InChI=1S/C42H54ClN3O6S/c1-3-51-42(27-45-19-16-41(17-20-45)18-21-52-41)15-5-7-32-24-39(32,2)53(48,49)44-38(47)30-9-13-37-36(23-30)46(25-31-8-11-35(31)42)26-40(28-50-37)14-4-6-29-22-33(43)10-12-34(29)40/h5,9-10,12-13,15,22-23,31-32,35H,3-4,6-8,11,14,16-21,24-28H2,1-2H3,(H,44,47)/b15-5+/t31-,32+,35+,39+,40-,42-/m0/s1. The third kappa shape index (κ3) is 6.23. The summed E-state index contributed by atoms with van der Waals surface area (Å²) in [6.45, 7) is 10.2. The van der Waals surface area contributed by atoms with E-state index < -0.39 is 26.3 Å². The monoisotopic (exact) mass is 763 g/mol. The molecule has 4 fully saturated rings. The van der Waals surface area contributed by atoms with Gasteiger partial charge in [0.05, 0.1) is 29.2 Å². The van der Waals surface area contributed by atoms with E-state index in [0.717, 1.165) is 107 Å². The fraction of sp³-hybridized carbons (Fsp3) is 0.643. The summed E-state index contributed by atoms with van der Waals surface area (Å²) in [5.41, 5.74) is 3.05. The fourth-order valence-corrected chi connectivity index (χ4v) is 12.6. The molecular formula is C42H54ClN3O6S. The summed E-state index contributed by atoms with van der Waals surface area (Å²) in [4.78, 5) is 18.8. The zero-order valence-corrected chi connectivity index (χ0v) is 32.8. The predicted molar refractivity (Wildman–Crippen MR) is 206 cm³/mol. The molecule has 11 heteroatoms. The Balaban J connectivity index is 1.11. The number of hydrogen-bond acceptors (Lipinski definition) is 8. The lowest BCUT2D eigenvalue weighted by Gasteiger charge is -2.54. The summed E-state index contributed by atoms with van der Waals surface area (Å²) in [5.74, 6) is 0.700. The zero-order valence-electron chi connectivity index (χ0n) is 31.2. The number of aryl methyl sites for hydroxylation is 1. The number of nitrogens with zero attached hydrogens (tertiary/aromatic N) is 2. The smallest absolute Gasteiger partial charge is 0.264 e. The van der Waals surface area contributed by atoms with Crippen LogP contribution in [0.15, 0.2) is 48.6 Å². The lowest BCUT2D eigenvalue weighted by atomic mass is 9.63. The number of amides is 1. The molecule has 2 aromatic rings. The summed E-state index contributed by atoms with van der Waals surface area (Å²) in [5, 5.41) is 0.752. The van der Waals surface area contributed by atoms with Crippen LogP contribution in [0.3, 0.4) is 0 Å². The number of nitrogens with one attached hydrogen (secondary N) is 1. The van der Waals surface area contributed by atoms with Crippen LogP contribution in [0.5, 0.6) is 5.75 Å². The minimum Gasteiger partial charge on any atom is -0.490 e. The zero-order chi connectivity index (χ0) is 36.6. The molecule has 1 N–H and O–H groups in total. The number of benzene rings is 2. The van der Waals surface area contributed by atoms with Crippen molar-refractivity contribution in [2.45, 2.75) is 99.4 Å². The maximum Gasteiger partial charge on any atom is 0.264 e. The van der Waals surface area contributed by atoms with Crippen molar-refractivity contribution in [2.75, 3.05) is 57.4 Å². The van der Waals surface area contributed by atoms with Gasteiger partial charge in [0.15, 0.2) is 0 Å². The Morgan fingerprint density at radius 2 is 1.91 bits per heavy atom. The van der Waals surface area contributed by atoms with Crippen LogP contribution in [0, 0.1) is 17.8 Å². The molecule has 0 aromatic heterocycles. The number of hydrogen-bond donors (Lipinski definition) is 1. The van der Waals surface area contributed by atoms with E-state index in [9.17, 15) is 13.2 Å². The molecule has 2 saturated carbocycles. The Bertz CT molecular complexity index is 1910. The molecule has 3 aliphatic carbocycles. The Hall–Kier alpha value is -2.63. The second-order valence-corrected chi connectivity index (χ2v) is 20.0. The van der Waals surface area contributed by atoms with Gasteiger partial charge in [-0.1, -0.05) is 29.8 Å². The molecule has 7 aliphatic rings. The van der Waals surface area contributed by atoms with E-state index in [1.807, 2.05) is 18.2 Å². The second kappa shape index (κ2) is 13.2. The van der Waals surface area contributed by atoms with Crippen LogP contribution < -0.4 is 14.4 Å². The first-order chi connectivity index (χ1) is 25.5. The van der Waals surface area contributed by atoms with E-state index in [4.69, 9.17) is 25.8 Å². The molecule has 2 bridgehead atoms. The third-order valence-corrected chi connectivity index (χ3v) is 16.9. The van der Waals surface area contributed by atoms with Crippen LogP contribution in [-0.4, -0.2) is 87.7 Å². The van der Waals surface area contributed by atoms with Crippen LogP contribution in [0.25, 0.3) is 0 Å². The number of piperidine rings is 1. The molecule has 9 rings (SSSR count). The predicted octanol–water partition coefficient (Wildman–Crippen LogP) is 6.67. The van der Waals surface area contributed by atoms with Crippen molar-refractivity contribution in [1.82, 2.24) is 9.62 Å². The van der Waals surface area contributed by atoms with Crippen molar-refractivity contribution < 1.29 is 27.4 Å². The average Bonchev–Trinajstić information content (AvgIpc) is 3.81. The van der Waals surface area contributed by atoms with Gasteiger partial charge >= 0.3 is 0 Å². The van der Waals surface area contributed by atoms with Gasteiger partial charge in [-0.05, 0) is 137 Å². The number of allylic oxidation sites excluding steroid dienone is 1. The minimum atomic E-state index is -3.93. The highest BCUT2D eigenvalue weighted by atomic mass is 35.5. The molecule has 0 radical (unpaired) electrons. The molecule has 6 atom stereocenters. The highest BCUT2D eigenvalue weighted by molar-refractivity contribution is 7.91. The Morgan fingerprint density at radius 3 is 2.64 bits per heavy atom. The first-order valence-electron chi connectivity index (χ1n) is 20.0. The number of ether oxygens (including phenoxy) is 3. The number of halogens is 1. The molecule has 2 spiro atoms. The summed E-state index contributed by atoms with van der Waals surface area (Å²) in [7, 11) is -3.93. The van der Waals surface area contributed by atoms with E-state index in [1.165, 1.54) is 11.1 Å². The molecule has 53 heavy (non-hydrogen) atoms. The minimum absolute atomic E-state index is 0.0699. The maximum atomic E-state index is 13.8. The summed E-state index contributed by atoms with van der Waals surface area (Å²) in [6.07, 6.45) is 14.1. The largest absolute Gasteiger partial charge is 0.490 e. The fourth-order valence-electron chi connectivity index (χ4n) is 10.8. The van der Waals surface area contributed by atoms with Crippen molar-refractivity contribution in [2.24, 2.45) is 17.8 Å². The average molecular weight is 764 g/mol. The molecule has 1 amide bonds. The number of fused-ring (bicyclic) bond motifs is 5. The maximum absolute atomic E-state index is 13.8. The summed E-state index contributed by atoms with van der Waals surface area (Å²) >= 11 is 6.52. The van der Waals surface area contributed by atoms with Crippen molar-refractivity contribution in [1.29, 1.82) is 0 Å². The van der Waals surface area contributed by atoms with Crippen molar-refractivity contribution in [3.05, 3.63) is 70.3 Å². The van der Waals surface area contributed by atoms with Gasteiger partial charge in [0, 0.05) is 55.3 Å². The van der Waals surface area contributed by atoms with Crippen molar-refractivity contribution >= 4 is 33.2 Å². The normalized spacial score (nSPS) is 36.4. The number of likely N-dealkylation sites (tertiary alicyclic amines) is 1. The van der Waals surface area contributed by atoms with Crippen LogP contribution in [0.2, 0.25) is 5.02 Å². The molecular weight excluding hydrogens is 710 g/mol. The molecule has 0 unspecified atom stereocenters. The van der Waals surface area contributed by atoms with Gasteiger partial charge in [-0.25, -0.2) is 13.1 Å². The van der Waals surface area contributed by atoms with E-state index in [1.54, 1.807) is 13.0 Å². The van der Waals surface area contributed by atoms with Gasteiger partial charge in [-0.2, -0.15) is 0 Å². The van der Waals surface area contributed by atoms with Gasteiger partial charge in [-0.15, -0.1) is 0 Å². The number of carbonyl (C=O) groups excluding carboxylic acids is 1. The van der Waals surface area contributed by atoms with E-state index in [-0.39, 0.29) is 22.9 Å². The van der Waals surface area contributed by atoms with Gasteiger partial charge < -0.3 is 19.1 Å². The molecule has 4 aliphatic heterocycles. The Morgan fingerprint density at radius 1 is 1.08 bits per heavy atom. The lowest BCUT2D eigenvalue weighted by molar-refractivity contribution is -0.180. The highest BCUT2D eigenvalue weighted by Gasteiger charge is 2.60. The molecule has 4 heterocycles. The summed E-state index contributed by atoms with van der Waals surface area (Å²) in [6, 6.07) is 11.7.